The molecule has 0 radical (unpaired) electrons. The summed E-state index contributed by atoms with van der Waals surface area (Å²) in [4.78, 5) is 0. The van der Waals surface area contributed by atoms with Crippen LogP contribution in [0.4, 0.5) is 0 Å². The Labute approximate surface area is 329 Å². The van der Waals surface area contributed by atoms with Crippen LogP contribution in [0.2, 0.25) is 0 Å². The third-order valence-corrected chi connectivity index (χ3v) is 134. The maximum atomic E-state index is 4.22. The minimum atomic E-state index is 1.21. The van der Waals surface area contributed by atoms with Crippen LogP contribution in [0.25, 0.3) is 0 Å². The third-order valence-electron chi connectivity index (χ3n) is 1.65. The van der Waals surface area contributed by atoms with Gasteiger partial charge in [0.2, 0.25) is 0 Å². The van der Waals surface area contributed by atoms with Crippen molar-refractivity contribution in [2.45, 2.75) is 0 Å². The molecule has 44 heavy (non-hydrogen) atoms. The van der Waals surface area contributed by atoms with E-state index < -0.39 is 0 Å². The fraction of sp³-hybridized carbons (Fsp3) is 0. The molecule has 0 spiro atoms. The first kappa shape index (κ1) is 57.6. The van der Waals surface area contributed by atoms with Crippen molar-refractivity contribution in [1.29, 1.82) is 0 Å². The Morgan fingerprint density at radius 3 is 0.409 bits per heavy atom. The summed E-state index contributed by atoms with van der Waals surface area (Å²) in [7, 11) is 72.0. The van der Waals surface area contributed by atoms with E-state index in [-0.39, 0.29) is 0 Å². The van der Waals surface area contributed by atoms with Crippen molar-refractivity contribution < 1.29 is 0 Å². The molecule has 0 aromatic heterocycles. The Morgan fingerprint density at radius 2 is 0.295 bits per heavy atom. The molecule has 1 unspecified atom stereocenters. The second-order valence-electron chi connectivity index (χ2n) is 3.78. The summed E-state index contributed by atoms with van der Waals surface area (Å²) in [6.07, 6.45) is 0. The molecule has 0 nitrogen and oxygen atoms in total. The molecule has 0 saturated heterocycles. The van der Waals surface area contributed by atoms with Crippen LogP contribution in [-0.4, -0.2) is 0 Å². The van der Waals surface area contributed by atoms with Gasteiger partial charge in [-0.25, -0.2) is 0 Å². The summed E-state index contributed by atoms with van der Waals surface area (Å²) in [5.41, 5.74) is 0. The molecule has 0 aromatic carbocycles. The topological polar surface area (TPSA) is 0 Å². The van der Waals surface area contributed by atoms with E-state index in [1.165, 1.54) is 37.2 Å². The first-order valence-electron chi connectivity index (χ1n) is 8.66. The third kappa shape index (κ3) is 55.6. The predicted molar refractivity (Wildman–Crippen MR) is 307 cm³/mol. The number of hydrogen-bond acceptors (Lipinski definition) is 0. The van der Waals surface area contributed by atoms with E-state index >= 15 is 0 Å². The van der Waals surface area contributed by atoms with Crippen molar-refractivity contribution in [2.24, 2.45) is 0 Å². The van der Waals surface area contributed by atoms with Gasteiger partial charge >= 0.3 is 106 Å². The minimum absolute atomic E-state index is 1.21. The fourth-order valence-corrected chi connectivity index (χ4v) is 175. The summed E-state index contributed by atoms with van der Waals surface area (Å²) >= 11 is 0. The molecule has 0 saturated carbocycles. The monoisotopic (exact) mass is 1360 g/mol. The van der Waals surface area contributed by atoms with Crippen LogP contribution in [0.3, 0.4) is 0 Å². The predicted octanol–water partition coefficient (Wildman–Crippen LogP) is 37.4. The van der Waals surface area contributed by atoms with E-state index in [9.17, 15) is 0 Å². The van der Waals surface area contributed by atoms with Crippen LogP contribution in [0, 0.1) is 0 Å². The molecule has 0 rings (SSSR count). The maximum absolute atomic E-state index is 4.22. The van der Waals surface area contributed by atoms with E-state index in [0.717, 1.165) is 0 Å². The Kier molecular flexibility index (Phi) is 74.1. The van der Waals surface area contributed by atoms with Gasteiger partial charge in [-0.3, -0.25) is 0 Å². The molecular weight excluding hydrogens is 1360 g/mol. The molecule has 1 atom stereocenters. The summed E-state index contributed by atoms with van der Waals surface area (Å²) in [6, 6.07) is 0. The van der Waals surface area contributed by atoms with Crippen LogP contribution >= 0.6 is 334 Å². The molecule has 0 fully saturated rings. The quantitative estimate of drug-likeness (QED) is 0.107. The molecule has 0 heterocycles. The fourth-order valence-electron chi connectivity index (χ4n) is 0.721. The van der Waals surface area contributed by atoms with Gasteiger partial charge in [0.25, 0.3) is 0 Å². The van der Waals surface area contributed by atoms with Gasteiger partial charge < -0.3 is 0 Å². The smallest absolute Gasteiger partial charge is 0.0774 e. The summed E-state index contributed by atoms with van der Waals surface area (Å²) in [5, 5.41) is 0. The number of rotatable bonds is 20. The van der Waals surface area contributed by atoms with Crippen LogP contribution in [0.15, 0.2) is 0 Å². The van der Waals surface area contributed by atoms with Crippen molar-refractivity contribution in [3.8, 4) is 0 Å². The van der Waals surface area contributed by atoms with Gasteiger partial charge in [-0.1, -0.05) is 8.93 Å². The molecule has 0 aliphatic rings. The first-order chi connectivity index (χ1) is 21.9. The van der Waals surface area contributed by atoms with Gasteiger partial charge in [-0.2, -0.15) is 0 Å². The second kappa shape index (κ2) is 56.6. The molecule has 0 bridgehead atoms. The Balaban J connectivity index is 4.04. The summed E-state index contributed by atoms with van der Waals surface area (Å²) < 4.78 is 0. The van der Waals surface area contributed by atoms with E-state index in [4.69, 9.17) is 0 Å². The van der Waals surface area contributed by atoms with Crippen molar-refractivity contribution in [3.05, 3.63) is 0 Å². The summed E-state index contributed by atoms with van der Waals surface area (Å²) in [6.45, 7) is 1.21. The molecular formula is H2P44. The van der Waals surface area contributed by atoms with Gasteiger partial charge in [0.05, 0.1) is 0 Å². The van der Waals surface area contributed by atoms with Crippen molar-refractivity contribution in [2.75, 3.05) is 0 Å². The summed E-state index contributed by atoms with van der Waals surface area (Å²) in [5.74, 6) is 0. The first-order valence-corrected chi connectivity index (χ1v) is 77.9. The molecule has 0 aromatic rings. The van der Waals surface area contributed by atoms with Crippen molar-refractivity contribution >= 4 is 334 Å². The Morgan fingerprint density at radius 1 is 0.182 bits per heavy atom. The van der Waals surface area contributed by atoms with Crippen LogP contribution in [-0.2, 0) is 0 Å². The van der Waals surface area contributed by atoms with Crippen molar-refractivity contribution in [1.82, 2.24) is 0 Å². The van der Waals surface area contributed by atoms with E-state index in [1.807, 2.05) is 0 Å². The van der Waals surface area contributed by atoms with Crippen molar-refractivity contribution in [3.63, 3.8) is 0 Å². The molecule has 0 aliphatic heterocycles. The van der Waals surface area contributed by atoms with E-state index in [1.54, 1.807) is 280 Å². The zero-order valence-electron chi connectivity index (χ0n) is 19.8. The average molecular weight is 1360 g/mol. The second-order valence-corrected chi connectivity index (χ2v) is 102. The SMILES string of the molecule is P#P=P\P=P/P=P\P=P/P=P\P=P/P=P\P=P/P=P\P=P/P=P\P=P/P=P\P=P/P=P\P=P/P=P\P=P/P=P\P=P/P=P\P. The Bertz CT molecular complexity index is 1420. The molecule has 44 heteroatoms. The molecule has 0 amide bonds. The zero-order valence-corrected chi connectivity index (χ0v) is 59.4. The van der Waals surface area contributed by atoms with E-state index in [2.05, 4.69) is 17.3 Å². The van der Waals surface area contributed by atoms with Gasteiger partial charge in [-0.05, 0) is 68.0 Å². The van der Waals surface area contributed by atoms with Gasteiger partial charge in [-0.15, -0.1) is 0 Å². The molecule has 222 valence electrons. The van der Waals surface area contributed by atoms with E-state index in [0.29, 0.717) is 0 Å². The molecule has 0 N–H and O–H groups in total. The number of hydrogen-bond donors (Lipinski definition) is 0. The van der Waals surface area contributed by atoms with Gasteiger partial charge in [0.1, 0.15) is 0 Å². The van der Waals surface area contributed by atoms with Crippen LogP contribution < -0.4 is 0 Å². The average Bonchev–Trinajstić information content (AvgIpc) is 3.04. The minimum Gasteiger partial charge on any atom is -0.0774 e. The standard InChI is InChI=1S/H2P44/c1-3-5-7-9-11-13-15-17-19-21-23-25-27-29-31-33-35-37-39-41-43-44-42-40-38-36-34-32-30-28-26-24-22-20-18-16-14-12-10-8-6-4-2/h1H2. The zero-order chi connectivity index (χ0) is 31.7. The van der Waals surface area contributed by atoms with Crippen LogP contribution in [0.1, 0.15) is 0 Å². The Hall–Kier alpha value is 13.6. The van der Waals surface area contributed by atoms with Gasteiger partial charge in [0, 0.05) is 151 Å². The van der Waals surface area contributed by atoms with Crippen LogP contribution in [0.5, 0.6) is 0 Å². The molecule has 0 aliphatic carbocycles. The van der Waals surface area contributed by atoms with Gasteiger partial charge in [0.15, 0.2) is 0 Å². The normalized spacial score (nSPS) is 15.2.